The summed E-state index contributed by atoms with van der Waals surface area (Å²) in [6.07, 6.45) is 0. The molecule has 1 N–H and O–H groups in total. The van der Waals surface area contributed by atoms with E-state index in [1.165, 1.54) is 0 Å². The van der Waals surface area contributed by atoms with Gasteiger partial charge in [0.2, 0.25) is 0 Å². The van der Waals surface area contributed by atoms with Gasteiger partial charge in [0.15, 0.2) is 10.7 Å². The average Bonchev–Trinajstić information content (AvgIpc) is 2.40. The molecule has 0 fully saturated rings. The van der Waals surface area contributed by atoms with Gasteiger partial charge in [-0.15, -0.1) is 0 Å². The first-order chi connectivity index (χ1) is 9.56. The van der Waals surface area contributed by atoms with Crippen molar-refractivity contribution in [1.82, 2.24) is 0 Å². The van der Waals surface area contributed by atoms with Gasteiger partial charge in [0, 0.05) is 5.02 Å². The van der Waals surface area contributed by atoms with Crippen LogP contribution in [-0.2, 0) is 9.53 Å². The van der Waals surface area contributed by atoms with Crippen LogP contribution in [0.15, 0.2) is 34.5 Å². The molecule has 0 radical (unpaired) electrons. The lowest BCUT2D eigenvalue weighted by molar-refractivity contribution is -0.138. The highest BCUT2D eigenvalue weighted by Gasteiger charge is 2.24. The van der Waals surface area contributed by atoms with Gasteiger partial charge in [-0.1, -0.05) is 23.2 Å². The van der Waals surface area contributed by atoms with Crippen LogP contribution in [-0.4, -0.2) is 17.7 Å². The van der Waals surface area contributed by atoms with Gasteiger partial charge in [-0.3, -0.25) is 0 Å². The van der Waals surface area contributed by atoms with E-state index in [4.69, 9.17) is 33.2 Å². The van der Waals surface area contributed by atoms with E-state index in [9.17, 15) is 4.79 Å². The summed E-state index contributed by atoms with van der Waals surface area (Å²) in [7, 11) is 0. The topological polar surface area (TPSA) is 74.5 Å². The number of fused-ring (bicyclic) bond motifs is 1. The molecule has 0 aliphatic carbocycles. The van der Waals surface area contributed by atoms with E-state index < -0.39 is 5.97 Å². The summed E-state index contributed by atoms with van der Waals surface area (Å²) in [5.74, 6) is -0.747. The van der Waals surface area contributed by atoms with Crippen LogP contribution in [0.1, 0.15) is 6.92 Å². The quantitative estimate of drug-likeness (QED) is 0.516. The van der Waals surface area contributed by atoms with Crippen molar-refractivity contribution in [2.75, 3.05) is 11.9 Å². The maximum absolute atomic E-state index is 11.7. The van der Waals surface area contributed by atoms with Crippen molar-refractivity contribution in [3.8, 4) is 6.07 Å². The molecule has 0 saturated heterocycles. The molecule has 0 saturated carbocycles. The molecular weight excluding hydrogens is 301 g/mol. The molecule has 0 aromatic heterocycles. The molecule has 1 aromatic rings. The maximum Gasteiger partial charge on any atom is 0.351 e. The number of halogens is 2. The number of nitrogens with one attached hydrogen (secondary N) is 1. The normalized spacial score (nSPS) is 15.4. The van der Waals surface area contributed by atoms with Gasteiger partial charge >= 0.3 is 5.97 Å². The standard InChI is InChI=1S/C13H9Cl2N3O2/c1-2-20-13(19)8(6-16)11-12(15)18-10-5-7(14)3-4-9(10)17-11/h3-5,17H,2H2,1H3/b11-8-. The highest BCUT2D eigenvalue weighted by Crippen LogP contribution is 2.35. The summed E-state index contributed by atoms with van der Waals surface area (Å²) in [5, 5.41) is 12.5. The predicted octanol–water partition coefficient (Wildman–Crippen LogP) is 3.38. The van der Waals surface area contributed by atoms with E-state index in [0.29, 0.717) is 16.4 Å². The van der Waals surface area contributed by atoms with Crippen LogP contribution in [0.5, 0.6) is 0 Å². The third-order valence-electron chi connectivity index (χ3n) is 2.49. The van der Waals surface area contributed by atoms with Crippen LogP contribution < -0.4 is 5.32 Å². The molecule has 0 unspecified atom stereocenters. The minimum absolute atomic E-state index is 0.00405. The predicted molar refractivity (Wildman–Crippen MR) is 77.3 cm³/mol. The molecule has 1 aromatic carbocycles. The minimum Gasteiger partial charge on any atom is -0.462 e. The fraction of sp³-hybridized carbons (Fsp3) is 0.154. The van der Waals surface area contributed by atoms with Crippen LogP contribution in [0.25, 0.3) is 0 Å². The lowest BCUT2D eigenvalue weighted by Gasteiger charge is -2.18. The molecular formula is C13H9Cl2N3O2. The summed E-state index contributed by atoms with van der Waals surface area (Å²) in [5.41, 5.74) is 1.04. The zero-order valence-corrected chi connectivity index (χ0v) is 11.9. The lowest BCUT2D eigenvalue weighted by atomic mass is 10.1. The first-order valence-corrected chi connectivity index (χ1v) is 6.45. The Morgan fingerprint density at radius 3 is 2.90 bits per heavy atom. The summed E-state index contributed by atoms with van der Waals surface area (Å²) in [6, 6.07) is 6.75. The summed E-state index contributed by atoms with van der Waals surface area (Å²) < 4.78 is 4.81. The molecule has 20 heavy (non-hydrogen) atoms. The van der Waals surface area contributed by atoms with Crippen molar-refractivity contribution in [3.63, 3.8) is 0 Å². The number of anilines is 1. The SMILES string of the molecule is CCOC(=O)/C(C#N)=C1\Nc2ccc(Cl)cc2N=C1Cl. The van der Waals surface area contributed by atoms with Crippen LogP contribution in [0.2, 0.25) is 5.02 Å². The van der Waals surface area contributed by atoms with Crippen molar-refractivity contribution < 1.29 is 9.53 Å². The van der Waals surface area contributed by atoms with Crippen molar-refractivity contribution in [2.45, 2.75) is 6.92 Å². The van der Waals surface area contributed by atoms with Crippen LogP contribution >= 0.6 is 23.2 Å². The van der Waals surface area contributed by atoms with Gasteiger partial charge in [-0.2, -0.15) is 5.26 Å². The number of carbonyl (C=O) groups excluding carboxylic acids is 1. The average molecular weight is 310 g/mol. The van der Waals surface area contributed by atoms with E-state index >= 15 is 0 Å². The largest absolute Gasteiger partial charge is 0.462 e. The Bertz CT molecular complexity index is 675. The smallest absolute Gasteiger partial charge is 0.351 e. The molecule has 7 heteroatoms. The van der Waals surface area contributed by atoms with E-state index in [0.717, 1.165) is 0 Å². The minimum atomic E-state index is -0.747. The van der Waals surface area contributed by atoms with E-state index in [-0.39, 0.29) is 23.0 Å². The van der Waals surface area contributed by atoms with Gasteiger partial charge in [-0.05, 0) is 25.1 Å². The third kappa shape index (κ3) is 2.77. The first-order valence-electron chi connectivity index (χ1n) is 5.69. The number of benzene rings is 1. The van der Waals surface area contributed by atoms with Crippen molar-refractivity contribution in [2.24, 2.45) is 4.99 Å². The van der Waals surface area contributed by atoms with Crippen LogP contribution in [0.3, 0.4) is 0 Å². The highest BCUT2D eigenvalue weighted by atomic mass is 35.5. The fourth-order valence-corrected chi connectivity index (χ4v) is 2.02. The number of aliphatic imine (C=N–C) groups is 1. The van der Waals surface area contributed by atoms with Gasteiger partial charge in [0.1, 0.15) is 11.8 Å². The Morgan fingerprint density at radius 1 is 1.50 bits per heavy atom. The number of carbonyl (C=O) groups is 1. The second kappa shape index (κ2) is 5.95. The van der Waals surface area contributed by atoms with E-state index in [2.05, 4.69) is 10.3 Å². The Balaban J connectivity index is 2.49. The van der Waals surface area contributed by atoms with Gasteiger partial charge in [0.05, 0.1) is 18.0 Å². The number of hydrogen-bond donors (Lipinski definition) is 1. The first kappa shape index (κ1) is 14.4. The molecule has 0 atom stereocenters. The zero-order chi connectivity index (χ0) is 14.7. The maximum atomic E-state index is 11.7. The summed E-state index contributed by atoms with van der Waals surface area (Å²) in [6.45, 7) is 1.82. The molecule has 1 aliphatic heterocycles. The Morgan fingerprint density at radius 2 is 2.25 bits per heavy atom. The van der Waals surface area contributed by atoms with Gasteiger partial charge in [0.25, 0.3) is 0 Å². The monoisotopic (exact) mass is 309 g/mol. The number of allylic oxidation sites excluding steroid dienone is 1. The van der Waals surface area contributed by atoms with Crippen molar-refractivity contribution in [1.29, 1.82) is 5.26 Å². The van der Waals surface area contributed by atoms with E-state index in [1.54, 1.807) is 31.2 Å². The fourth-order valence-electron chi connectivity index (χ4n) is 1.62. The Hall–Kier alpha value is -2.03. The van der Waals surface area contributed by atoms with Crippen molar-refractivity contribution >= 4 is 45.7 Å². The molecule has 0 bridgehead atoms. The Kier molecular flexibility index (Phi) is 4.28. The van der Waals surface area contributed by atoms with Crippen LogP contribution in [0, 0.1) is 11.3 Å². The molecule has 1 aliphatic rings. The van der Waals surface area contributed by atoms with Gasteiger partial charge in [-0.25, -0.2) is 9.79 Å². The molecule has 102 valence electrons. The molecule has 0 spiro atoms. The number of esters is 1. The number of nitriles is 1. The van der Waals surface area contributed by atoms with Crippen LogP contribution in [0.4, 0.5) is 11.4 Å². The summed E-state index contributed by atoms with van der Waals surface area (Å²) >= 11 is 11.9. The molecule has 2 rings (SSSR count). The molecule has 0 amide bonds. The second-order valence-electron chi connectivity index (χ2n) is 3.77. The zero-order valence-electron chi connectivity index (χ0n) is 10.4. The number of ether oxygens (including phenoxy) is 1. The third-order valence-corrected chi connectivity index (χ3v) is 2.99. The Labute approximate surface area is 125 Å². The number of nitrogens with zero attached hydrogens (tertiary/aromatic N) is 2. The lowest BCUT2D eigenvalue weighted by Crippen LogP contribution is -2.18. The summed E-state index contributed by atoms with van der Waals surface area (Å²) in [4.78, 5) is 15.8. The van der Waals surface area contributed by atoms with Gasteiger partial charge < -0.3 is 10.1 Å². The molecule has 1 heterocycles. The second-order valence-corrected chi connectivity index (χ2v) is 4.57. The number of rotatable bonds is 2. The van der Waals surface area contributed by atoms with Crippen molar-refractivity contribution in [3.05, 3.63) is 34.5 Å². The number of hydrogen-bond acceptors (Lipinski definition) is 5. The molecule has 5 nitrogen and oxygen atoms in total. The highest BCUT2D eigenvalue weighted by molar-refractivity contribution is 6.70. The van der Waals surface area contributed by atoms with E-state index in [1.807, 2.05) is 0 Å².